The van der Waals surface area contributed by atoms with Crippen LogP contribution in [0.1, 0.15) is 44.0 Å². The van der Waals surface area contributed by atoms with Gasteiger partial charge in [0.2, 0.25) is 15.8 Å². The van der Waals surface area contributed by atoms with Crippen LogP contribution in [0.25, 0.3) is 0 Å². The number of anilines is 1. The highest BCUT2D eigenvalue weighted by atomic mass is 35.5. The fraction of sp³-hybridized carbons (Fsp3) is 0.261. The Hall–Kier alpha value is -2.57. The molecule has 3 rings (SSSR count). The molecular weight excluding hydrogens is 420 g/mol. The van der Waals surface area contributed by atoms with Crippen molar-refractivity contribution in [1.82, 2.24) is 4.57 Å². The van der Waals surface area contributed by atoms with E-state index < -0.39 is 10.0 Å². The molecule has 7 heteroatoms. The maximum absolute atomic E-state index is 13.2. The monoisotopic (exact) mass is 444 g/mol. The first kappa shape index (κ1) is 22.1. The zero-order valence-corrected chi connectivity index (χ0v) is 19.3. The van der Waals surface area contributed by atoms with Crippen LogP contribution in [0.5, 0.6) is 0 Å². The van der Waals surface area contributed by atoms with Crippen LogP contribution in [0.4, 0.5) is 5.69 Å². The Labute approximate surface area is 182 Å². The van der Waals surface area contributed by atoms with Gasteiger partial charge in [-0.25, -0.2) is 8.42 Å². The van der Waals surface area contributed by atoms with Crippen molar-refractivity contribution < 1.29 is 13.2 Å². The molecule has 0 aliphatic carbocycles. The van der Waals surface area contributed by atoms with Gasteiger partial charge in [0.05, 0.1) is 11.9 Å². The van der Waals surface area contributed by atoms with Crippen LogP contribution in [-0.2, 0) is 23.5 Å². The summed E-state index contributed by atoms with van der Waals surface area (Å²) in [4.78, 5) is 13.2. The lowest BCUT2D eigenvalue weighted by molar-refractivity contribution is 0.103. The Morgan fingerprint density at radius 2 is 1.73 bits per heavy atom. The quantitative estimate of drug-likeness (QED) is 0.555. The van der Waals surface area contributed by atoms with E-state index in [2.05, 4.69) is 4.72 Å². The minimum atomic E-state index is -3.37. The summed E-state index contributed by atoms with van der Waals surface area (Å²) in [5.41, 5.74) is 6.56. The van der Waals surface area contributed by atoms with E-state index in [0.717, 1.165) is 34.2 Å². The summed E-state index contributed by atoms with van der Waals surface area (Å²) < 4.78 is 27.1. The van der Waals surface area contributed by atoms with E-state index in [1.807, 2.05) is 56.7 Å². The molecule has 0 radical (unpaired) electrons. The molecule has 5 nitrogen and oxygen atoms in total. The van der Waals surface area contributed by atoms with Crippen LogP contribution in [-0.4, -0.2) is 25.0 Å². The number of rotatable bonds is 6. The highest BCUT2D eigenvalue weighted by molar-refractivity contribution is 7.92. The van der Waals surface area contributed by atoms with Gasteiger partial charge in [-0.2, -0.15) is 0 Å². The van der Waals surface area contributed by atoms with Crippen LogP contribution in [0, 0.1) is 20.8 Å². The molecule has 0 aliphatic heterocycles. The molecule has 1 heterocycles. The number of hydrogen-bond acceptors (Lipinski definition) is 3. The van der Waals surface area contributed by atoms with E-state index in [1.165, 1.54) is 0 Å². The Bertz CT molecular complexity index is 1240. The number of aryl methyl sites for hydroxylation is 3. The molecule has 0 saturated carbocycles. The van der Waals surface area contributed by atoms with Gasteiger partial charge in [-0.05, 0) is 55.7 Å². The van der Waals surface area contributed by atoms with Crippen LogP contribution in [0.3, 0.4) is 0 Å². The van der Waals surface area contributed by atoms with Crippen molar-refractivity contribution in [2.45, 2.75) is 27.2 Å². The molecule has 0 aliphatic rings. The van der Waals surface area contributed by atoms with Crippen LogP contribution < -0.4 is 4.72 Å². The van der Waals surface area contributed by atoms with Gasteiger partial charge >= 0.3 is 0 Å². The minimum Gasteiger partial charge on any atom is -0.344 e. The molecule has 0 amide bonds. The van der Waals surface area contributed by atoms with E-state index in [0.29, 0.717) is 28.4 Å². The molecule has 1 N–H and O–H groups in total. The van der Waals surface area contributed by atoms with E-state index >= 15 is 0 Å². The normalized spacial score (nSPS) is 11.5. The highest BCUT2D eigenvalue weighted by Crippen LogP contribution is 2.27. The molecule has 0 spiro atoms. The van der Waals surface area contributed by atoms with E-state index in [-0.39, 0.29) is 5.78 Å². The number of nitrogens with one attached hydrogen (secondary N) is 1. The lowest BCUT2D eigenvalue weighted by Crippen LogP contribution is -2.12. The van der Waals surface area contributed by atoms with Crippen molar-refractivity contribution in [3.63, 3.8) is 0 Å². The first-order valence-electron chi connectivity index (χ1n) is 9.49. The molecule has 2 aromatic carbocycles. The Morgan fingerprint density at radius 3 is 2.33 bits per heavy atom. The van der Waals surface area contributed by atoms with Gasteiger partial charge < -0.3 is 4.57 Å². The van der Waals surface area contributed by atoms with E-state index in [4.69, 9.17) is 11.6 Å². The Kier molecular flexibility index (Phi) is 6.11. The van der Waals surface area contributed by atoms with Gasteiger partial charge in [0, 0.05) is 35.4 Å². The second kappa shape index (κ2) is 8.28. The first-order chi connectivity index (χ1) is 14.0. The summed E-state index contributed by atoms with van der Waals surface area (Å²) in [7, 11) is -1.49. The summed E-state index contributed by atoms with van der Waals surface area (Å²) >= 11 is 6.39. The van der Waals surface area contributed by atoms with Gasteiger partial charge in [0.25, 0.3) is 0 Å². The molecule has 0 fully saturated rings. The number of ketones is 1. The number of benzene rings is 2. The van der Waals surface area contributed by atoms with Crippen LogP contribution in [0.15, 0.2) is 42.5 Å². The molecule has 3 aromatic rings. The number of nitrogens with zero attached hydrogens (tertiary/aromatic N) is 1. The van der Waals surface area contributed by atoms with Crippen molar-refractivity contribution in [3.05, 3.63) is 86.7 Å². The minimum absolute atomic E-state index is 0.00227. The first-order valence-corrected chi connectivity index (χ1v) is 11.8. The molecule has 1 aromatic heterocycles. The van der Waals surface area contributed by atoms with Gasteiger partial charge in [-0.3, -0.25) is 9.52 Å². The van der Waals surface area contributed by atoms with Crippen molar-refractivity contribution in [1.29, 1.82) is 0 Å². The zero-order chi connectivity index (χ0) is 22.2. The molecular formula is C23H25ClN2O3S. The van der Waals surface area contributed by atoms with Crippen molar-refractivity contribution in [2.24, 2.45) is 7.05 Å². The van der Waals surface area contributed by atoms with E-state index in [9.17, 15) is 13.2 Å². The van der Waals surface area contributed by atoms with Gasteiger partial charge in [0.1, 0.15) is 0 Å². The third-order valence-corrected chi connectivity index (χ3v) is 6.05. The van der Waals surface area contributed by atoms with Gasteiger partial charge in [-0.1, -0.05) is 41.4 Å². The fourth-order valence-electron chi connectivity index (χ4n) is 3.68. The number of halogens is 1. The number of aromatic nitrogens is 1. The second-order valence-electron chi connectivity index (χ2n) is 7.73. The average molecular weight is 445 g/mol. The SMILES string of the molecule is Cc1ccc(C(=O)c2c(C)cc(Cc3ccc(NS(C)(=O)=O)cc3Cl)n2C)c(C)c1. The number of hydrogen-bond donors (Lipinski definition) is 1. The maximum atomic E-state index is 13.2. The summed E-state index contributed by atoms with van der Waals surface area (Å²) in [5, 5.41) is 0.463. The number of carbonyl (C=O) groups excluding carboxylic acids is 1. The summed E-state index contributed by atoms with van der Waals surface area (Å²) in [6.07, 6.45) is 1.62. The summed E-state index contributed by atoms with van der Waals surface area (Å²) in [6.45, 7) is 5.89. The third-order valence-electron chi connectivity index (χ3n) is 5.09. The van der Waals surface area contributed by atoms with Crippen molar-refractivity contribution in [2.75, 3.05) is 11.0 Å². The van der Waals surface area contributed by atoms with Crippen LogP contribution in [0.2, 0.25) is 5.02 Å². The molecule has 0 bridgehead atoms. The lowest BCUT2D eigenvalue weighted by Gasteiger charge is -2.12. The Balaban J connectivity index is 1.92. The fourth-order valence-corrected chi connectivity index (χ4v) is 4.49. The van der Waals surface area contributed by atoms with Crippen LogP contribution >= 0.6 is 11.6 Å². The molecule has 0 unspecified atom stereocenters. The number of carbonyl (C=O) groups is 1. The number of sulfonamides is 1. The van der Waals surface area contributed by atoms with Crippen molar-refractivity contribution in [3.8, 4) is 0 Å². The zero-order valence-electron chi connectivity index (χ0n) is 17.7. The molecule has 30 heavy (non-hydrogen) atoms. The van der Waals surface area contributed by atoms with Gasteiger partial charge in [-0.15, -0.1) is 0 Å². The molecule has 0 atom stereocenters. The third kappa shape index (κ3) is 4.77. The average Bonchev–Trinajstić information content (AvgIpc) is 2.89. The lowest BCUT2D eigenvalue weighted by atomic mass is 9.99. The predicted octanol–water partition coefficient (Wildman–Crippen LogP) is 4.80. The summed E-state index contributed by atoms with van der Waals surface area (Å²) in [5.74, 6) is -0.00227. The standard InChI is InChI=1S/C23H25ClN2O3S/c1-14-6-9-20(15(2)10-14)23(27)22-16(3)11-19(26(22)4)12-17-7-8-18(13-21(17)24)25-30(5,28)29/h6-11,13,25H,12H2,1-5H3. The predicted molar refractivity (Wildman–Crippen MR) is 122 cm³/mol. The second-order valence-corrected chi connectivity index (χ2v) is 9.89. The summed E-state index contributed by atoms with van der Waals surface area (Å²) in [6, 6.07) is 12.9. The molecule has 0 saturated heterocycles. The highest BCUT2D eigenvalue weighted by Gasteiger charge is 2.20. The van der Waals surface area contributed by atoms with Crippen molar-refractivity contribution >= 4 is 33.1 Å². The maximum Gasteiger partial charge on any atom is 0.229 e. The molecule has 158 valence electrons. The van der Waals surface area contributed by atoms with E-state index in [1.54, 1.807) is 18.2 Å². The topological polar surface area (TPSA) is 68.2 Å². The Morgan fingerprint density at radius 1 is 1.03 bits per heavy atom. The largest absolute Gasteiger partial charge is 0.344 e. The smallest absolute Gasteiger partial charge is 0.229 e. The van der Waals surface area contributed by atoms with Gasteiger partial charge in [0.15, 0.2) is 0 Å².